The quantitative estimate of drug-likeness (QED) is 0.612. The lowest BCUT2D eigenvalue weighted by atomic mass is 10.2. The first-order valence-electron chi connectivity index (χ1n) is 3.93. The Labute approximate surface area is 67.1 Å². The summed E-state index contributed by atoms with van der Waals surface area (Å²) < 4.78 is 4.58. The van der Waals surface area contributed by atoms with E-state index in [1.807, 2.05) is 6.92 Å². The first-order valence-corrected chi connectivity index (χ1v) is 3.93. The van der Waals surface area contributed by atoms with Crippen molar-refractivity contribution in [1.29, 1.82) is 0 Å². The van der Waals surface area contributed by atoms with Crippen LogP contribution < -0.4 is 5.32 Å². The van der Waals surface area contributed by atoms with E-state index in [9.17, 15) is 4.79 Å². The van der Waals surface area contributed by atoms with Crippen molar-refractivity contribution < 1.29 is 9.53 Å². The van der Waals surface area contributed by atoms with Gasteiger partial charge in [0.1, 0.15) is 6.04 Å². The molecule has 0 radical (unpaired) electrons. The summed E-state index contributed by atoms with van der Waals surface area (Å²) in [7, 11) is 1.41. The molecular weight excluding hydrogens is 142 g/mol. The van der Waals surface area contributed by atoms with Gasteiger partial charge >= 0.3 is 5.97 Å². The number of methoxy groups -OCH3 is 1. The smallest absolute Gasteiger partial charge is 0.322 e. The highest BCUT2D eigenvalue weighted by Crippen LogP contribution is 2.34. The maximum atomic E-state index is 10.9. The number of carbonyl (C=O) groups excluding carboxylic acids is 1. The molecule has 0 aromatic heterocycles. The summed E-state index contributed by atoms with van der Waals surface area (Å²) in [5, 5.41) is 3.21. The van der Waals surface area contributed by atoms with E-state index in [0.29, 0.717) is 0 Å². The molecule has 0 spiro atoms. The maximum absolute atomic E-state index is 10.9. The van der Waals surface area contributed by atoms with E-state index >= 15 is 0 Å². The van der Waals surface area contributed by atoms with Crippen LogP contribution >= 0.6 is 0 Å². The molecule has 0 bridgehead atoms. The molecule has 0 aliphatic heterocycles. The monoisotopic (exact) mass is 157 g/mol. The van der Waals surface area contributed by atoms with Crippen LogP contribution in [0, 0.1) is 0 Å². The number of hydrogen-bond acceptors (Lipinski definition) is 3. The zero-order chi connectivity index (χ0) is 8.48. The second-order valence-electron chi connectivity index (χ2n) is 3.45. The maximum Gasteiger partial charge on any atom is 0.322 e. The van der Waals surface area contributed by atoms with Crippen LogP contribution in [0.2, 0.25) is 0 Å². The fourth-order valence-electron chi connectivity index (χ4n) is 1.09. The first-order chi connectivity index (χ1) is 5.07. The largest absolute Gasteiger partial charge is 0.468 e. The minimum Gasteiger partial charge on any atom is -0.468 e. The average molecular weight is 157 g/mol. The van der Waals surface area contributed by atoms with E-state index in [2.05, 4.69) is 17.0 Å². The number of carbonyl (C=O) groups is 1. The predicted octanol–water partition coefficient (Wildman–Crippen LogP) is 0.690. The van der Waals surface area contributed by atoms with Gasteiger partial charge in [-0.2, -0.15) is 0 Å². The fraction of sp³-hybridized carbons (Fsp3) is 0.875. The molecule has 0 aromatic rings. The summed E-state index contributed by atoms with van der Waals surface area (Å²) in [6, 6.07) is -0.174. The molecule has 0 heterocycles. The molecule has 1 atom stereocenters. The van der Waals surface area contributed by atoms with Gasteiger partial charge in [-0.1, -0.05) is 0 Å². The van der Waals surface area contributed by atoms with Gasteiger partial charge in [0.05, 0.1) is 7.11 Å². The van der Waals surface area contributed by atoms with E-state index < -0.39 is 0 Å². The lowest BCUT2D eigenvalue weighted by molar-refractivity contribution is -0.142. The molecular formula is C8H15NO2. The molecule has 1 N–H and O–H groups in total. The highest BCUT2D eigenvalue weighted by Gasteiger charge is 2.39. The normalized spacial score (nSPS) is 22.5. The second-order valence-corrected chi connectivity index (χ2v) is 3.45. The Balaban J connectivity index is 2.31. The molecule has 3 nitrogen and oxygen atoms in total. The minimum absolute atomic E-state index is 0.174. The molecule has 1 aliphatic rings. The average Bonchev–Trinajstić information content (AvgIpc) is 2.66. The van der Waals surface area contributed by atoms with Crippen molar-refractivity contribution in [1.82, 2.24) is 5.32 Å². The van der Waals surface area contributed by atoms with Gasteiger partial charge in [-0.25, -0.2) is 0 Å². The minimum atomic E-state index is -0.182. The zero-order valence-electron chi connectivity index (χ0n) is 7.31. The fourth-order valence-corrected chi connectivity index (χ4v) is 1.09. The van der Waals surface area contributed by atoms with Gasteiger partial charge in [0, 0.05) is 5.54 Å². The van der Waals surface area contributed by atoms with Crippen LogP contribution in [0.4, 0.5) is 0 Å². The molecule has 1 saturated carbocycles. The van der Waals surface area contributed by atoms with Gasteiger partial charge in [-0.05, 0) is 26.7 Å². The summed E-state index contributed by atoms with van der Waals surface area (Å²) in [5.74, 6) is -0.182. The summed E-state index contributed by atoms with van der Waals surface area (Å²) in [6.07, 6.45) is 2.32. The van der Waals surface area contributed by atoms with E-state index in [1.54, 1.807) is 0 Å². The van der Waals surface area contributed by atoms with Crippen LogP contribution in [0.1, 0.15) is 26.7 Å². The Bertz CT molecular complexity index is 163. The Morgan fingerprint density at radius 1 is 1.64 bits per heavy atom. The molecule has 1 unspecified atom stereocenters. The van der Waals surface area contributed by atoms with Gasteiger partial charge in [-0.15, -0.1) is 0 Å². The number of esters is 1. The van der Waals surface area contributed by atoms with Crippen molar-refractivity contribution in [3.05, 3.63) is 0 Å². The van der Waals surface area contributed by atoms with Crippen LogP contribution in [0.25, 0.3) is 0 Å². The molecule has 11 heavy (non-hydrogen) atoms. The van der Waals surface area contributed by atoms with Gasteiger partial charge < -0.3 is 4.74 Å². The van der Waals surface area contributed by atoms with E-state index in [0.717, 1.165) is 12.8 Å². The van der Waals surface area contributed by atoms with Gasteiger partial charge in [0.2, 0.25) is 0 Å². The second kappa shape index (κ2) is 2.81. The SMILES string of the molecule is COC(=O)C(C)NC1(C)CC1. The van der Waals surface area contributed by atoms with Crippen LogP contribution in [0.15, 0.2) is 0 Å². The van der Waals surface area contributed by atoms with Gasteiger partial charge in [0.25, 0.3) is 0 Å². The summed E-state index contributed by atoms with van der Waals surface area (Å²) in [5.41, 5.74) is 0.202. The van der Waals surface area contributed by atoms with Crippen LogP contribution in [-0.4, -0.2) is 24.7 Å². The third kappa shape index (κ3) is 2.19. The number of hydrogen-bond donors (Lipinski definition) is 1. The van der Waals surface area contributed by atoms with Gasteiger partial charge in [0.15, 0.2) is 0 Å². The van der Waals surface area contributed by atoms with Crippen molar-refractivity contribution in [3.8, 4) is 0 Å². The predicted molar refractivity (Wildman–Crippen MR) is 42.3 cm³/mol. The Kier molecular flexibility index (Phi) is 2.18. The summed E-state index contributed by atoms with van der Waals surface area (Å²) >= 11 is 0. The lowest BCUT2D eigenvalue weighted by Gasteiger charge is -2.16. The number of ether oxygens (including phenoxy) is 1. The summed E-state index contributed by atoms with van der Waals surface area (Å²) in [6.45, 7) is 3.95. The molecule has 1 fully saturated rings. The van der Waals surface area contributed by atoms with Crippen LogP contribution in [0.3, 0.4) is 0 Å². The summed E-state index contributed by atoms with van der Waals surface area (Å²) in [4.78, 5) is 10.9. The van der Waals surface area contributed by atoms with E-state index in [4.69, 9.17) is 0 Å². The molecule has 1 rings (SSSR count). The molecule has 0 saturated heterocycles. The molecule has 64 valence electrons. The molecule has 0 aromatic carbocycles. The molecule has 1 aliphatic carbocycles. The standard InChI is InChI=1S/C8H15NO2/c1-6(7(10)11-3)9-8(2)4-5-8/h6,9H,4-5H2,1-3H3. The number of nitrogens with one attached hydrogen (secondary N) is 1. The lowest BCUT2D eigenvalue weighted by Crippen LogP contribution is -2.41. The zero-order valence-corrected chi connectivity index (χ0v) is 7.31. The van der Waals surface area contributed by atoms with Crippen molar-refractivity contribution in [2.24, 2.45) is 0 Å². The van der Waals surface area contributed by atoms with Crippen LogP contribution in [0.5, 0.6) is 0 Å². The Hall–Kier alpha value is -0.570. The van der Waals surface area contributed by atoms with Crippen molar-refractivity contribution in [2.75, 3.05) is 7.11 Å². The van der Waals surface area contributed by atoms with Crippen molar-refractivity contribution in [3.63, 3.8) is 0 Å². The molecule has 3 heteroatoms. The first kappa shape index (κ1) is 8.53. The highest BCUT2D eigenvalue weighted by molar-refractivity contribution is 5.75. The molecule has 0 amide bonds. The highest BCUT2D eigenvalue weighted by atomic mass is 16.5. The Morgan fingerprint density at radius 3 is 2.55 bits per heavy atom. The van der Waals surface area contributed by atoms with Gasteiger partial charge in [-0.3, -0.25) is 10.1 Å². The van der Waals surface area contributed by atoms with Crippen molar-refractivity contribution >= 4 is 5.97 Å². The Morgan fingerprint density at radius 2 is 2.18 bits per heavy atom. The van der Waals surface area contributed by atoms with E-state index in [-0.39, 0.29) is 17.6 Å². The number of rotatable bonds is 3. The van der Waals surface area contributed by atoms with Crippen LogP contribution in [-0.2, 0) is 9.53 Å². The van der Waals surface area contributed by atoms with E-state index in [1.165, 1.54) is 7.11 Å². The third-order valence-electron chi connectivity index (χ3n) is 2.12. The third-order valence-corrected chi connectivity index (χ3v) is 2.12. The van der Waals surface area contributed by atoms with Crippen molar-refractivity contribution in [2.45, 2.75) is 38.3 Å². The topological polar surface area (TPSA) is 38.3 Å².